The highest BCUT2D eigenvalue weighted by Crippen LogP contribution is 2.45. The summed E-state index contributed by atoms with van der Waals surface area (Å²) in [6.07, 6.45) is 0. The van der Waals surface area contributed by atoms with Crippen molar-refractivity contribution in [3.05, 3.63) is 162 Å². The van der Waals surface area contributed by atoms with Gasteiger partial charge in [-0.2, -0.15) is 0 Å². The fourth-order valence-electron chi connectivity index (χ4n) is 8.25. The molecule has 1 fully saturated rings. The molecule has 53 heavy (non-hydrogen) atoms. The first-order chi connectivity index (χ1) is 26.0. The molecule has 0 unspecified atom stereocenters. The maximum Gasteiger partial charge on any atom is 0.122 e. The summed E-state index contributed by atoms with van der Waals surface area (Å²) in [5.41, 5.74) is 10.9. The Morgan fingerprint density at radius 1 is 0.547 bits per heavy atom. The van der Waals surface area contributed by atoms with Gasteiger partial charge in [-0.05, 0) is 125 Å². The quantitative estimate of drug-likeness (QED) is 0.140. The molecule has 1 aliphatic rings. The summed E-state index contributed by atoms with van der Waals surface area (Å²) in [7, 11) is 0. The van der Waals surface area contributed by atoms with E-state index >= 15 is 0 Å². The summed E-state index contributed by atoms with van der Waals surface area (Å²) < 4.78 is 6.34. The van der Waals surface area contributed by atoms with E-state index in [9.17, 15) is 0 Å². The van der Waals surface area contributed by atoms with E-state index < -0.39 is 0 Å². The van der Waals surface area contributed by atoms with Crippen molar-refractivity contribution in [3.63, 3.8) is 0 Å². The molecule has 8 aromatic carbocycles. The van der Waals surface area contributed by atoms with Crippen molar-refractivity contribution in [2.45, 2.75) is 20.8 Å². The molecule has 1 saturated heterocycles. The second kappa shape index (κ2) is 13.9. The number of piperazine rings is 1. The third-order valence-corrected chi connectivity index (χ3v) is 11.1. The number of nitrogens with zero attached hydrogens (tertiary/aromatic N) is 3. The van der Waals surface area contributed by atoms with Gasteiger partial charge in [0.25, 0.3) is 0 Å². The maximum atomic E-state index is 6.34. The lowest BCUT2D eigenvalue weighted by molar-refractivity contribution is 0.200. The van der Waals surface area contributed by atoms with Gasteiger partial charge in [-0.25, -0.2) is 0 Å². The van der Waals surface area contributed by atoms with Crippen molar-refractivity contribution in [3.8, 4) is 16.9 Å². The minimum Gasteiger partial charge on any atom is -0.492 e. The zero-order chi connectivity index (χ0) is 35.9. The largest absolute Gasteiger partial charge is 0.492 e. The Hall–Kier alpha value is -5.84. The van der Waals surface area contributed by atoms with Crippen LogP contribution in [0.2, 0.25) is 0 Å². The van der Waals surface area contributed by atoms with Crippen LogP contribution in [0.1, 0.15) is 16.7 Å². The Bertz CT molecular complexity index is 2520. The number of anilines is 4. The van der Waals surface area contributed by atoms with E-state index in [1.54, 1.807) is 0 Å². The number of hydrogen-bond donors (Lipinski definition) is 0. The molecule has 0 aliphatic carbocycles. The molecular weight excluding hydrogens is 647 g/mol. The molecule has 0 bridgehead atoms. The van der Waals surface area contributed by atoms with Gasteiger partial charge in [-0.1, -0.05) is 96.6 Å². The van der Waals surface area contributed by atoms with Gasteiger partial charge in [0, 0.05) is 55.2 Å². The maximum absolute atomic E-state index is 6.34. The Kier molecular flexibility index (Phi) is 8.69. The molecule has 0 spiro atoms. The third kappa shape index (κ3) is 6.34. The predicted molar refractivity (Wildman–Crippen MR) is 225 cm³/mol. The first kappa shape index (κ1) is 33.0. The van der Waals surface area contributed by atoms with Gasteiger partial charge in [0.1, 0.15) is 12.4 Å². The van der Waals surface area contributed by atoms with Gasteiger partial charge in [0.15, 0.2) is 0 Å². The molecule has 4 nitrogen and oxygen atoms in total. The SMILES string of the molecule is Cc1ccc(N(c2ccc(-c3ccc(OCCN4CCN(c5ccccc5)CC4)c(C)c3)cc2C)c2ccc3ccc4cccc5ccc2c3c45)cc1. The number of ether oxygens (including phenoxy) is 1. The Balaban J connectivity index is 0.966. The van der Waals surface area contributed by atoms with Crippen LogP contribution in [0.5, 0.6) is 5.75 Å². The highest BCUT2D eigenvalue weighted by molar-refractivity contribution is 6.25. The van der Waals surface area contributed by atoms with Gasteiger partial charge in [0.05, 0.1) is 5.69 Å². The molecule has 0 atom stereocenters. The number of rotatable bonds is 9. The molecule has 0 N–H and O–H groups in total. The summed E-state index contributed by atoms with van der Waals surface area (Å²) in [4.78, 5) is 7.42. The molecule has 9 rings (SSSR count). The molecule has 0 radical (unpaired) electrons. The molecular formula is C49H45N3O. The van der Waals surface area contributed by atoms with Crippen molar-refractivity contribution in [2.24, 2.45) is 0 Å². The highest BCUT2D eigenvalue weighted by atomic mass is 16.5. The first-order valence-corrected chi connectivity index (χ1v) is 18.9. The summed E-state index contributed by atoms with van der Waals surface area (Å²) >= 11 is 0. The van der Waals surface area contributed by atoms with Gasteiger partial charge in [-0.3, -0.25) is 4.90 Å². The van der Waals surface area contributed by atoms with E-state index in [1.165, 1.54) is 71.6 Å². The van der Waals surface area contributed by atoms with Crippen LogP contribution in [-0.4, -0.2) is 44.2 Å². The van der Waals surface area contributed by atoms with Crippen LogP contribution in [0, 0.1) is 20.8 Å². The Morgan fingerprint density at radius 3 is 1.91 bits per heavy atom. The van der Waals surface area contributed by atoms with Gasteiger partial charge >= 0.3 is 0 Å². The molecule has 0 amide bonds. The standard InChI is InChI=1S/C49H45N3O/c1-34-12-20-43(21-13-34)52(46-24-17-39-15-14-37-8-7-9-38-16-22-44(46)49(39)48(37)38)45-23-18-40(32-35(45)2)41-19-25-47(36(3)33-41)53-31-30-50-26-28-51(29-27-50)42-10-5-4-6-11-42/h4-25,32-33H,26-31H2,1-3H3. The predicted octanol–water partition coefficient (Wildman–Crippen LogP) is 11.8. The highest BCUT2D eigenvalue weighted by Gasteiger charge is 2.21. The summed E-state index contributed by atoms with van der Waals surface area (Å²) in [6, 6.07) is 53.4. The molecule has 1 aliphatic heterocycles. The van der Waals surface area contributed by atoms with E-state index in [4.69, 9.17) is 4.74 Å². The molecule has 4 heteroatoms. The Labute approximate surface area is 312 Å². The van der Waals surface area contributed by atoms with Crippen LogP contribution >= 0.6 is 0 Å². The smallest absolute Gasteiger partial charge is 0.122 e. The van der Waals surface area contributed by atoms with Crippen molar-refractivity contribution < 1.29 is 4.74 Å². The van der Waals surface area contributed by atoms with Crippen molar-refractivity contribution in [1.82, 2.24) is 4.90 Å². The average molecular weight is 692 g/mol. The third-order valence-electron chi connectivity index (χ3n) is 11.1. The van der Waals surface area contributed by atoms with Crippen LogP contribution in [0.25, 0.3) is 43.4 Å². The van der Waals surface area contributed by atoms with Crippen molar-refractivity contribution >= 4 is 55.1 Å². The number of para-hydroxylation sites is 1. The lowest BCUT2D eigenvalue weighted by Gasteiger charge is -2.36. The van der Waals surface area contributed by atoms with E-state index in [0.29, 0.717) is 6.61 Å². The van der Waals surface area contributed by atoms with Crippen LogP contribution in [0.15, 0.2) is 146 Å². The number of benzene rings is 8. The van der Waals surface area contributed by atoms with E-state index in [0.717, 1.165) is 49.7 Å². The zero-order valence-electron chi connectivity index (χ0n) is 30.8. The van der Waals surface area contributed by atoms with E-state index in [1.807, 2.05) is 0 Å². The topological polar surface area (TPSA) is 19.0 Å². The minimum absolute atomic E-state index is 0.692. The van der Waals surface area contributed by atoms with Crippen LogP contribution in [0.3, 0.4) is 0 Å². The van der Waals surface area contributed by atoms with Crippen LogP contribution in [-0.2, 0) is 0 Å². The van der Waals surface area contributed by atoms with Gasteiger partial charge in [-0.15, -0.1) is 0 Å². The number of hydrogen-bond acceptors (Lipinski definition) is 4. The van der Waals surface area contributed by atoms with Gasteiger partial charge < -0.3 is 14.5 Å². The van der Waals surface area contributed by atoms with E-state index in [2.05, 4.69) is 181 Å². The van der Waals surface area contributed by atoms with Crippen LogP contribution in [0.4, 0.5) is 22.7 Å². The minimum atomic E-state index is 0.692. The fourth-order valence-corrected chi connectivity index (χ4v) is 8.25. The lowest BCUT2D eigenvalue weighted by atomic mass is 9.93. The van der Waals surface area contributed by atoms with Crippen molar-refractivity contribution in [1.29, 1.82) is 0 Å². The summed E-state index contributed by atoms with van der Waals surface area (Å²) in [6.45, 7) is 12.4. The second-order valence-corrected chi connectivity index (χ2v) is 14.6. The molecule has 1 heterocycles. The Morgan fingerprint density at radius 2 is 1.19 bits per heavy atom. The van der Waals surface area contributed by atoms with Crippen LogP contribution < -0.4 is 14.5 Å². The number of aryl methyl sites for hydroxylation is 3. The molecule has 0 aromatic heterocycles. The van der Waals surface area contributed by atoms with Crippen molar-refractivity contribution in [2.75, 3.05) is 49.1 Å². The fraction of sp³-hybridized carbons (Fsp3) is 0.184. The zero-order valence-corrected chi connectivity index (χ0v) is 30.8. The summed E-state index contributed by atoms with van der Waals surface area (Å²) in [5, 5.41) is 7.76. The molecule has 0 saturated carbocycles. The summed E-state index contributed by atoms with van der Waals surface area (Å²) in [5.74, 6) is 0.963. The van der Waals surface area contributed by atoms with Gasteiger partial charge in [0.2, 0.25) is 0 Å². The first-order valence-electron chi connectivity index (χ1n) is 18.9. The molecule has 262 valence electrons. The van der Waals surface area contributed by atoms with E-state index in [-0.39, 0.29) is 0 Å². The monoisotopic (exact) mass is 691 g/mol. The second-order valence-electron chi connectivity index (χ2n) is 14.6. The average Bonchev–Trinajstić information content (AvgIpc) is 3.20. The lowest BCUT2D eigenvalue weighted by Crippen LogP contribution is -2.47. The normalized spacial score (nSPS) is 13.7. The molecule has 8 aromatic rings.